The number of imide groups is 1. The molecular weight excluding hydrogens is 477 g/mol. The van der Waals surface area contributed by atoms with Crippen molar-refractivity contribution in [1.82, 2.24) is 9.80 Å². The molecule has 0 bridgehead atoms. The molecule has 7 nitrogen and oxygen atoms in total. The Morgan fingerprint density at radius 3 is 2.49 bits per heavy atom. The molecule has 2 aromatic carbocycles. The summed E-state index contributed by atoms with van der Waals surface area (Å²) >= 11 is 0. The van der Waals surface area contributed by atoms with E-state index in [9.17, 15) is 36.3 Å². The number of amides is 3. The number of hydrogen-bond donors (Lipinski definition) is 1. The number of benzene rings is 2. The number of fused-ring (bicyclic) bond motifs is 2. The zero-order valence-corrected chi connectivity index (χ0v) is 18.4. The number of alkyl halides is 3. The van der Waals surface area contributed by atoms with Crippen molar-refractivity contribution >= 4 is 23.6 Å². The van der Waals surface area contributed by atoms with Crippen LogP contribution >= 0.6 is 0 Å². The number of rotatable bonds is 5. The third-order valence-electron chi connectivity index (χ3n) is 6.30. The molecule has 2 aliphatic rings. The first-order chi connectivity index (χ1) is 16.3. The summed E-state index contributed by atoms with van der Waals surface area (Å²) in [6.45, 7) is -0.809. The fourth-order valence-electron chi connectivity index (χ4n) is 4.31. The maximum atomic E-state index is 14.1. The lowest BCUT2D eigenvalue weighted by molar-refractivity contribution is -0.187. The molecule has 0 radical (unpaired) electrons. The van der Waals surface area contributed by atoms with E-state index in [1.54, 1.807) is 0 Å². The molecule has 2 atom stereocenters. The molecule has 186 valence electrons. The van der Waals surface area contributed by atoms with Gasteiger partial charge in [0.15, 0.2) is 0 Å². The monoisotopic (exact) mass is 497 g/mol. The summed E-state index contributed by atoms with van der Waals surface area (Å²) in [5.74, 6) is -3.59. The van der Waals surface area contributed by atoms with Gasteiger partial charge < -0.3 is 15.4 Å². The van der Waals surface area contributed by atoms with Gasteiger partial charge >= 0.3 is 12.3 Å². The molecule has 1 fully saturated rings. The van der Waals surface area contributed by atoms with Gasteiger partial charge in [0.1, 0.15) is 24.2 Å². The fourth-order valence-corrected chi connectivity index (χ4v) is 4.31. The number of anilines is 1. The van der Waals surface area contributed by atoms with Gasteiger partial charge in [-0.3, -0.25) is 9.59 Å². The number of aryl methyl sites for hydroxylation is 1. The van der Waals surface area contributed by atoms with Crippen molar-refractivity contribution in [3.8, 4) is 0 Å². The molecular formula is C23H20F5N3O4. The van der Waals surface area contributed by atoms with Crippen LogP contribution in [-0.2, 0) is 32.9 Å². The summed E-state index contributed by atoms with van der Waals surface area (Å²) in [6.07, 6.45) is -5.83. The van der Waals surface area contributed by atoms with Crippen molar-refractivity contribution in [3.05, 3.63) is 64.7 Å². The number of carbonyl (C=O) groups excluding carboxylic acids is 3. The second kappa shape index (κ2) is 8.51. The molecule has 2 N–H and O–H groups in total. The minimum Gasteiger partial charge on any atom is -0.427 e. The lowest BCUT2D eigenvalue weighted by Gasteiger charge is -2.31. The first kappa shape index (κ1) is 24.4. The molecule has 1 aliphatic heterocycles. The number of nitrogen functional groups attached to an aromatic ring is 1. The van der Waals surface area contributed by atoms with E-state index in [4.69, 9.17) is 10.5 Å². The van der Waals surface area contributed by atoms with Gasteiger partial charge in [0, 0.05) is 18.5 Å². The van der Waals surface area contributed by atoms with Crippen LogP contribution in [0.4, 0.5) is 32.4 Å². The summed E-state index contributed by atoms with van der Waals surface area (Å²) in [7, 11) is 0. The predicted octanol–water partition coefficient (Wildman–Crippen LogP) is 3.65. The molecule has 1 heterocycles. The Kier molecular flexibility index (Phi) is 5.94. The Bertz CT molecular complexity index is 1200. The summed E-state index contributed by atoms with van der Waals surface area (Å²) in [5.41, 5.74) is 4.32. The first-order valence-corrected chi connectivity index (χ1v) is 10.6. The smallest absolute Gasteiger partial charge is 0.418 e. The number of carbonyl (C=O) groups is 3. The van der Waals surface area contributed by atoms with Gasteiger partial charge in [0.2, 0.25) is 11.5 Å². The van der Waals surface area contributed by atoms with Gasteiger partial charge in [-0.05, 0) is 48.7 Å². The summed E-state index contributed by atoms with van der Waals surface area (Å²) in [6, 6.07) is 4.55. The molecule has 0 aromatic heterocycles. The van der Waals surface area contributed by atoms with Crippen molar-refractivity contribution in [2.45, 2.75) is 44.1 Å². The Morgan fingerprint density at radius 1 is 1.20 bits per heavy atom. The van der Waals surface area contributed by atoms with Crippen LogP contribution in [0.25, 0.3) is 0 Å². The average molecular weight is 497 g/mol. The van der Waals surface area contributed by atoms with Gasteiger partial charge in [-0.15, -0.1) is 0 Å². The van der Waals surface area contributed by atoms with Crippen LogP contribution in [0, 0.1) is 11.6 Å². The quantitative estimate of drug-likeness (QED) is 0.503. The van der Waals surface area contributed by atoms with E-state index in [-0.39, 0.29) is 29.7 Å². The highest BCUT2D eigenvalue weighted by atomic mass is 19.4. The van der Waals surface area contributed by atoms with Crippen molar-refractivity contribution in [1.29, 1.82) is 0 Å². The third kappa shape index (κ3) is 4.28. The topological polar surface area (TPSA) is 92.9 Å². The van der Waals surface area contributed by atoms with Crippen molar-refractivity contribution < 1.29 is 41.1 Å². The van der Waals surface area contributed by atoms with Gasteiger partial charge in [-0.25, -0.2) is 18.5 Å². The first-order valence-electron chi connectivity index (χ1n) is 10.6. The van der Waals surface area contributed by atoms with Crippen LogP contribution in [0.1, 0.15) is 30.0 Å². The minimum atomic E-state index is -4.81. The SMILES string of the molecule is CC(N(Cc1ccc(F)cc1)C(=O)CN1C(=O)OC2(CCc3cc(N)c(F)cc32)C1=O)C(F)(F)F. The normalized spacial score (nSPS) is 20.2. The molecule has 35 heavy (non-hydrogen) atoms. The molecule has 4 rings (SSSR count). The maximum absolute atomic E-state index is 14.1. The van der Waals surface area contributed by atoms with Crippen molar-refractivity contribution in [2.75, 3.05) is 12.3 Å². The van der Waals surface area contributed by atoms with Crippen LogP contribution in [-0.4, -0.2) is 46.5 Å². The van der Waals surface area contributed by atoms with E-state index < -0.39 is 60.5 Å². The number of halogens is 5. The van der Waals surface area contributed by atoms with Gasteiger partial charge in [0.05, 0.1) is 5.69 Å². The van der Waals surface area contributed by atoms with Crippen molar-refractivity contribution in [2.24, 2.45) is 0 Å². The maximum Gasteiger partial charge on any atom is 0.418 e. The highest BCUT2D eigenvalue weighted by molar-refractivity contribution is 6.06. The van der Waals surface area contributed by atoms with Gasteiger partial charge in [0.25, 0.3) is 5.91 Å². The van der Waals surface area contributed by atoms with Gasteiger partial charge in [-0.2, -0.15) is 13.2 Å². The van der Waals surface area contributed by atoms with E-state index in [1.807, 2.05) is 0 Å². The fraction of sp³-hybridized carbons (Fsp3) is 0.348. The Hall–Kier alpha value is -3.70. The van der Waals surface area contributed by atoms with Crippen molar-refractivity contribution in [3.63, 3.8) is 0 Å². The minimum absolute atomic E-state index is 0.0290. The van der Waals surface area contributed by atoms with Gasteiger partial charge in [-0.1, -0.05) is 12.1 Å². The lowest BCUT2D eigenvalue weighted by atomic mass is 9.94. The molecule has 12 heteroatoms. The summed E-state index contributed by atoms with van der Waals surface area (Å²) < 4.78 is 73.1. The van der Waals surface area contributed by atoms with E-state index in [1.165, 1.54) is 18.2 Å². The second-order valence-electron chi connectivity index (χ2n) is 8.48. The summed E-state index contributed by atoms with van der Waals surface area (Å²) in [4.78, 5) is 39.6. The largest absolute Gasteiger partial charge is 0.427 e. The Morgan fingerprint density at radius 2 is 1.86 bits per heavy atom. The molecule has 1 aliphatic carbocycles. The van der Waals surface area contributed by atoms with E-state index in [2.05, 4.69) is 0 Å². The van der Waals surface area contributed by atoms with E-state index >= 15 is 0 Å². The molecule has 2 unspecified atom stereocenters. The van der Waals surface area contributed by atoms with Crippen LogP contribution in [0.15, 0.2) is 36.4 Å². The van der Waals surface area contributed by atoms with Crippen LogP contribution < -0.4 is 5.73 Å². The Labute approximate surface area is 196 Å². The average Bonchev–Trinajstić information content (AvgIpc) is 3.24. The number of nitrogens with two attached hydrogens (primary N) is 1. The highest BCUT2D eigenvalue weighted by Gasteiger charge is 2.59. The summed E-state index contributed by atoms with van der Waals surface area (Å²) in [5, 5.41) is 0. The molecule has 1 saturated heterocycles. The number of ether oxygens (including phenoxy) is 1. The van der Waals surface area contributed by atoms with Crippen LogP contribution in [0.2, 0.25) is 0 Å². The second-order valence-corrected chi connectivity index (χ2v) is 8.48. The van der Waals surface area contributed by atoms with E-state index in [0.717, 1.165) is 25.1 Å². The standard InChI is InChI=1S/C23H20F5N3O4/c1-12(23(26,27)28)30(10-13-2-4-15(24)5-3-13)19(32)11-31-20(33)22(35-21(31)34)7-6-14-8-18(29)17(25)9-16(14)22/h2-5,8-9,12H,6-7,10-11,29H2,1H3. The molecule has 1 spiro atoms. The zero-order valence-electron chi connectivity index (χ0n) is 18.4. The zero-order chi connectivity index (χ0) is 25.7. The van der Waals surface area contributed by atoms with Crippen LogP contribution in [0.3, 0.4) is 0 Å². The molecule has 2 aromatic rings. The molecule has 3 amide bonds. The highest BCUT2D eigenvalue weighted by Crippen LogP contribution is 2.46. The predicted molar refractivity (Wildman–Crippen MR) is 111 cm³/mol. The van der Waals surface area contributed by atoms with Crippen LogP contribution in [0.5, 0.6) is 0 Å². The number of hydrogen-bond acceptors (Lipinski definition) is 5. The third-order valence-corrected chi connectivity index (χ3v) is 6.30. The van der Waals surface area contributed by atoms with E-state index in [0.29, 0.717) is 15.4 Å². The number of nitrogens with zero attached hydrogens (tertiary/aromatic N) is 2. The Balaban J connectivity index is 1.60. The lowest BCUT2D eigenvalue weighted by Crippen LogP contribution is -2.51. The molecule has 0 saturated carbocycles.